The van der Waals surface area contributed by atoms with E-state index in [1.165, 1.54) is 22.1 Å². The molecule has 6 N–H and O–H groups in total. The van der Waals surface area contributed by atoms with E-state index in [9.17, 15) is 53.1 Å². The third kappa shape index (κ3) is 16.8. The molecule has 23 heteroatoms. The number of carboxylic acid groups (broad SMARTS) is 1. The third-order valence-electron chi connectivity index (χ3n) is 12.5. The Morgan fingerprint density at radius 2 is 1.53 bits per heavy atom. The van der Waals surface area contributed by atoms with Gasteiger partial charge in [0.05, 0.1) is 17.2 Å². The molecule has 2 aromatic carbocycles. The molecule has 2 aliphatic heterocycles. The molecule has 0 bridgehead atoms. The number of rotatable bonds is 25. The van der Waals surface area contributed by atoms with E-state index in [0.29, 0.717) is 55.5 Å². The van der Waals surface area contributed by atoms with Crippen molar-refractivity contribution in [1.29, 1.82) is 0 Å². The predicted molar refractivity (Wildman–Crippen MR) is 276 cm³/mol. The molecule has 2 aliphatic rings. The number of Topliss-reactive ketones (excluding diaryl/α,β-unsaturated/α-hetero) is 2. The number of fused-ring (bicyclic) bond motifs is 1. The van der Waals surface area contributed by atoms with Crippen molar-refractivity contribution in [2.75, 3.05) is 49.5 Å². The van der Waals surface area contributed by atoms with Gasteiger partial charge in [-0.1, -0.05) is 32.4 Å². The van der Waals surface area contributed by atoms with Crippen LogP contribution in [-0.2, 0) is 46.7 Å². The van der Waals surface area contributed by atoms with E-state index in [1.807, 2.05) is 0 Å². The lowest BCUT2D eigenvalue weighted by molar-refractivity contribution is -0.138. The summed E-state index contributed by atoms with van der Waals surface area (Å²) >= 11 is 0. The highest BCUT2D eigenvalue weighted by Gasteiger charge is 2.31. The van der Waals surface area contributed by atoms with E-state index in [-0.39, 0.29) is 152 Å². The molecule has 0 saturated carbocycles. The van der Waals surface area contributed by atoms with E-state index in [1.54, 1.807) is 54.5 Å². The average molecular weight is 1040 g/mol. The number of nitrogens with one attached hydrogen (secondary N) is 3. The summed E-state index contributed by atoms with van der Waals surface area (Å²) in [4.78, 5) is 130. The maximum atomic E-state index is 15.4. The number of aromatic nitrogens is 1. The van der Waals surface area contributed by atoms with Crippen LogP contribution in [0.4, 0.5) is 25.4 Å². The van der Waals surface area contributed by atoms with Gasteiger partial charge in [-0.15, -0.1) is 0 Å². The van der Waals surface area contributed by atoms with Crippen LogP contribution in [0.3, 0.4) is 0 Å². The number of pyridine rings is 1. The molecule has 2 atom stereocenters. The number of piperazine rings is 1. The Kier molecular flexibility index (Phi) is 23.7. The van der Waals surface area contributed by atoms with Gasteiger partial charge < -0.3 is 45.9 Å². The van der Waals surface area contributed by atoms with Gasteiger partial charge in [0.25, 0.3) is 0 Å². The molecule has 0 spiro atoms. The highest BCUT2D eigenvalue weighted by molar-refractivity contribution is 7.59. The minimum Gasteiger partial charge on any atom is -0.477 e. The topological polar surface area (TPSA) is 277 Å². The van der Waals surface area contributed by atoms with Crippen molar-refractivity contribution in [3.05, 3.63) is 69.8 Å². The second-order valence-corrected chi connectivity index (χ2v) is 17.9. The van der Waals surface area contributed by atoms with Crippen molar-refractivity contribution in [2.45, 2.75) is 111 Å². The van der Waals surface area contributed by atoms with Crippen LogP contribution >= 0.6 is 27.0 Å². The van der Waals surface area contributed by atoms with Crippen LogP contribution in [0.15, 0.2) is 47.4 Å². The molecule has 1 aromatic heterocycles. The second kappa shape index (κ2) is 28.5. The number of aryl methyl sites for hydroxylation is 1. The van der Waals surface area contributed by atoms with Gasteiger partial charge >= 0.3 is 18.1 Å². The van der Waals surface area contributed by atoms with E-state index < -0.39 is 58.7 Å². The fourth-order valence-electron chi connectivity index (χ4n) is 8.49. The number of anilines is 2. The quantitative estimate of drug-likeness (QED) is 0.0569. The number of imide groups is 1. The van der Waals surface area contributed by atoms with Crippen LogP contribution in [0.1, 0.15) is 107 Å². The van der Waals surface area contributed by atoms with Gasteiger partial charge in [-0.05, 0) is 68.4 Å². The normalized spacial score (nSPS) is 14.3. The predicted octanol–water partition coefficient (Wildman–Crippen LogP) is 4.71. The lowest BCUT2D eigenvalue weighted by Gasteiger charge is -2.35. The fraction of sp³-hybridized carbons (Fsp3) is 0.510. The molecule has 72 heavy (non-hydrogen) atoms. The molecule has 0 aliphatic carbocycles. The molecule has 2 saturated heterocycles. The first kappa shape index (κ1) is 59.8. The molecule has 2 fully saturated rings. The first-order valence-corrected chi connectivity index (χ1v) is 23.7. The number of benzene rings is 2. The van der Waals surface area contributed by atoms with Gasteiger partial charge in [0.15, 0.2) is 5.78 Å². The number of amides is 7. The maximum Gasteiger partial charge on any atom is 0.410 e. The Balaban J connectivity index is 0.00000684. The molecule has 3 aromatic rings. The molecule has 0 radical (unpaired) electrons. The van der Waals surface area contributed by atoms with Crippen LogP contribution in [0.2, 0.25) is 0 Å². The number of primary amides is 1. The largest absolute Gasteiger partial charge is 0.477 e. The van der Waals surface area contributed by atoms with E-state index in [0.717, 1.165) is 6.07 Å². The van der Waals surface area contributed by atoms with Gasteiger partial charge in [-0.2, -0.15) is 27.0 Å². The number of carbonyl (C=O) groups is 9. The van der Waals surface area contributed by atoms with Crippen molar-refractivity contribution in [1.82, 2.24) is 25.0 Å². The number of hydrogen-bond donors (Lipinski definition) is 5. The Bertz CT molecular complexity index is 2500. The minimum atomic E-state index is -1.40. The van der Waals surface area contributed by atoms with Crippen LogP contribution < -0.4 is 32.0 Å². The van der Waals surface area contributed by atoms with Crippen LogP contribution in [0.5, 0.6) is 0 Å². The molecule has 20 nitrogen and oxygen atoms in total. The summed E-state index contributed by atoms with van der Waals surface area (Å²) < 4.78 is 22.5. The molecule has 3 heterocycles. The maximum absolute atomic E-state index is 15.4. The zero-order chi connectivity index (χ0) is 51.1. The SMILES string of the molecule is CCn1cc(C(=O)O)c(=O)c2cc(F)c(N3CCN(C(=O)OCc4ccc(NC(=O)[C@H](CCCNC(N)=O)CC(=O)[C@@H](NC(=O)CCC(=O)CCCCCN5C(=O)CCC5=O)C(C)C)cc4)CC3)cc21.S.S. The van der Waals surface area contributed by atoms with Crippen molar-refractivity contribution >= 4 is 103 Å². The number of halogens is 1. The molecular formula is C49H67FN8O12S2. The molecule has 5 rings (SSSR count). The second-order valence-electron chi connectivity index (χ2n) is 17.9. The number of ether oxygens (including phenoxy) is 1. The van der Waals surface area contributed by atoms with Crippen molar-refractivity contribution in [3.8, 4) is 0 Å². The highest BCUT2D eigenvalue weighted by Crippen LogP contribution is 2.27. The van der Waals surface area contributed by atoms with Crippen LogP contribution in [-0.4, -0.2) is 118 Å². The summed E-state index contributed by atoms with van der Waals surface area (Å²) in [5.41, 5.74) is 5.61. The van der Waals surface area contributed by atoms with Crippen molar-refractivity contribution < 1.29 is 57.4 Å². The Morgan fingerprint density at radius 3 is 2.14 bits per heavy atom. The standard InChI is InChI=1S/C49H63FN8O12.2H2S/c1-4-55-28-36(47(66)67)45(64)35-26-37(50)39(27-38(35)55)56-21-23-57(24-22-56)49(69)70-29-31-11-13-33(14-12-31)53-46(65)32(9-8-19-52-48(51)68)25-40(60)44(30(2)3)54-41(61)16-15-34(59)10-6-5-7-20-58-42(62)17-18-43(58)63;;/h11-14,26-28,30,32,44H,4-10,15-25,29H2,1-3H3,(H,53,65)(H,54,61)(H,66,67)(H3,51,52,68);2*1H2/t32-,44+;;/m1../s1. The summed E-state index contributed by atoms with van der Waals surface area (Å²) in [6.07, 6.45) is 3.32. The summed E-state index contributed by atoms with van der Waals surface area (Å²) in [6, 6.07) is 7.45. The van der Waals surface area contributed by atoms with Crippen molar-refractivity contribution in [3.63, 3.8) is 0 Å². The van der Waals surface area contributed by atoms with E-state index >= 15 is 4.39 Å². The number of urea groups is 1. The Labute approximate surface area is 430 Å². The van der Waals surface area contributed by atoms with Gasteiger partial charge in [-0.3, -0.25) is 38.5 Å². The number of carboxylic acids is 1. The lowest BCUT2D eigenvalue weighted by atomic mass is 9.89. The lowest BCUT2D eigenvalue weighted by Crippen LogP contribution is -2.49. The molecule has 7 amide bonds. The number of hydrogen-bond acceptors (Lipinski definition) is 12. The van der Waals surface area contributed by atoms with Crippen molar-refractivity contribution in [2.24, 2.45) is 17.6 Å². The monoisotopic (exact) mass is 1040 g/mol. The first-order valence-electron chi connectivity index (χ1n) is 23.7. The Hall–Kier alpha value is -6.49. The first-order chi connectivity index (χ1) is 33.4. The molecular weight excluding hydrogens is 976 g/mol. The smallest absolute Gasteiger partial charge is 0.410 e. The number of aromatic carboxylic acids is 1. The summed E-state index contributed by atoms with van der Waals surface area (Å²) in [5.74, 6) is -5.08. The highest BCUT2D eigenvalue weighted by atomic mass is 32.1. The zero-order valence-corrected chi connectivity index (χ0v) is 42.9. The number of unbranched alkanes of at least 4 members (excludes halogenated alkanes) is 2. The third-order valence-corrected chi connectivity index (χ3v) is 12.5. The minimum absolute atomic E-state index is 0. The zero-order valence-electron chi connectivity index (χ0n) is 40.9. The number of nitrogens with two attached hydrogens (primary N) is 1. The van der Waals surface area contributed by atoms with E-state index in [4.69, 9.17) is 10.5 Å². The number of nitrogens with zero attached hydrogens (tertiary/aromatic N) is 4. The van der Waals surface area contributed by atoms with Gasteiger partial charge in [0, 0.05) is 108 Å². The average Bonchev–Trinajstić information content (AvgIpc) is 3.65. The van der Waals surface area contributed by atoms with E-state index in [2.05, 4.69) is 16.0 Å². The van der Waals surface area contributed by atoms with Crippen LogP contribution in [0.25, 0.3) is 10.9 Å². The number of likely N-dealkylation sites (tertiary alicyclic amines) is 1. The molecule has 394 valence electrons. The molecule has 0 unspecified atom stereocenters. The van der Waals surface area contributed by atoms with Crippen LogP contribution in [0, 0.1) is 17.7 Å². The number of ketones is 2. The fourth-order valence-corrected chi connectivity index (χ4v) is 8.49. The van der Waals surface area contributed by atoms with Gasteiger partial charge in [-0.25, -0.2) is 18.8 Å². The number of carbonyl (C=O) groups excluding carboxylic acids is 8. The van der Waals surface area contributed by atoms with Gasteiger partial charge in [0.2, 0.25) is 29.1 Å². The summed E-state index contributed by atoms with van der Waals surface area (Å²) in [5, 5.41) is 17.4. The Morgan fingerprint density at radius 1 is 0.861 bits per heavy atom. The van der Waals surface area contributed by atoms with Gasteiger partial charge in [0.1, 0.15) is 23.8 Å². The summed E-state index contributed by atoms with van der Waals surface area (Å²) in [7, 11) is 0. The summed E-state index contributed by atoms with van der Waals surface area (Å²) in [6.45, 7) is 7.00.